The molecule has 0 unspecified atom stereocenters. The Balaban J connectivity index is 2.62. The fourth-order valence-corrected chi connectivity index (χ4v) is 1.21. The lowest BCUT2D eigenvalue weighted by Crippen LogP contribution is -2.41. The molecule has 54 valence electrons. The highest BCUT2D eigenvalue weighted by atomic mass is 15.6. The third kappa shape index (κ3) is 1.10. The minimum absolute atomic E-state index is 0.384. The zero-order chi connectivity index (χ0) is 7.07. The van der Waals surface area contributed by atoms with Crippen molar-refractivity contribution in [3.05, 3.63) is 0 Å². The highest BCUT2D eigenvalue weighted by molar-refractivity contribution is 4.83. The average Bonchev–Trinajstić information content (AvgIpc) is 1.97. The molecular weight excluding hydrogens is 112 g/mol. The molecule has 0 aromatic heterocycles. The Morgan fingerprint density at radius 1 is 1.22 bits per heavy atom. The maximum absolute atomic E-state index is 2.30. The second-order valence-corrected chi connectivity index (χ2v) is 3.47. The van der Waals surface area contributed by atoms with E-state index in [-0.39, 0.29) is 0 Å². The standard InChI is InChI=1S/C7H16N2/c1-7(2)5-6-8(3)9(7)4/h5-6H2,1-4H3. The molecule has 1 rings (SSSR count). The van der Waals surface area contributed by atoms with Crippen molar-refractivity contribution >= 4 is 0 Å². The summed E-state index contributed by atoms with van der Waals surface area (Å²) in [7, 11) is 4.28. The largest absolute Gasteiger partial charge is 0.245 e. The van der Waals surface area contributed by atoms with Gasteiger partial charge in [-0.3, -0.25) is 0 Å². The number of hydrogen-bond acceptors (Lipinski definition) is 2. The number of hydrazine groups is 1. The second-order valence-electron chi connectivity index (χ2n) is 3.47. The molecule has 0 aromatic rings. The van der Waals surface area contributed by atoms with Gasteiger partial charge in [0.05, 0.1) is 0 Å². The van der Waals surface area contributed by atoms with Crippen LogP contribution in [0.25, 0.3) is 0 Å². The van der Waals surface area contributed by atoms with Crippen molar-refractivity contribution in [3.8, 4) is 0 Å². The predicted octanol–water partition coefficient (Wildman–Crippen LogP) is 0.947. The summed E-state index contributed by atoms with van der Waals surface area (Å²) in [6, 6.07) is 0. The lowest BCUT2D eigenvalue weighted by atomic mass is 10.0. The first-order valence-corrected chi connectivity index (χ1v) is 3.49. The summed E-state index contributed by atoms with van der Waals surface area (Å²) in [5.74, 6) is 0. The molecule has 2 nitrogen and oxygen atoms in total. The highest BCUT2D eigenvalue weighted by Gasteiger charge is 2.32. The van der Waals surface area contributed by atoms with Crippen LogP contribution < -0.4 is 0 Å². The van der Waals surface area contributed by atoms with E-state index in [4.69, 9.17) is 0 Å². The third-order valence-corrected chi connectivity index (χ3v) is 2.44. The van der Waals surface area contributed by atoms with Crippen LogP contribution in [0.3, 0.4) is 0 Å². The summed E-state index contributed by atoms with van der Waals surface area (Å²) in [5, 5.41) is 4.56. The molecule has 1 aliphatic rings. The summed E-state index contributed by atoms with van der Waals surface area (Å²) in [6.45, 7) is 5.75. The van der Waals surface area contributed by atoms with E-state index in [2.05, 4.69) is 38.0 Å². The number of rotatable bonds is 0. The van der Waals surface area contributed by atoms with Gasteiger partial charge in [-0.15, -0.1) is 0 Å². The van der Waals surface area contributed by atoms with Crippen molar-refractivity contribution in [2.24, 2.45) is 0 Å². The van der Waals surface area contributed by atoms with E-state index in [1.165, 1.54) is 13.0 Å². The Kier molecular flexibility index (Phi) is 1.53. The van der Waals surface area contributed by atoms with E-state index >= 15 is 0 Å². The summed E-state index contributed by atoms with van der Waals surface area (Å²) in [6.07, 6.45) is 1.28. The topological polar surface area (TPSA) is 6.48 Å². The van der Waals surface area contributed by atoms with Gasteiger partial charge in [0.15, 0.2) is 0 Å². The van der Waals surface area contributed by atoms with E-state index in [1.807, 2.05) is 0 Å². The lowest BCUT2D eigenvalue weighted by Gasteiger charge is -2.30. The fraction of sp³-hybridized carbons (Fsp3) is 1.00. The molecule has 0 atom stereocenters. The maximum atomic E-state index is 2.30. The van der Waals surface area contributed by atoms with E-state index < -0.39 is 0 Å². The number of nitrogens with zero attached hydrogens (tertiary/aromatic N) is 2. The molecule has 0 aliphatic carbocycles. The van der Waals surface area contributed by atoms with Gasteiger partial charge in [0.1, 0.15) is 0 Å². The molecule has 1 saturated heterocycles. The van der Waals surface area contributed by atoms with Gasteiger partial charge < -0.3 is 0 Å². The third-order valence-electron chi connectivity index (χ3n) is 2.44. The van der Waals surface area contributed by atoms with Gasteiger partial charge >= 0.3 is 0 Å². The van der Waals surface area contributed by atoms with Crippen molar-refractivity contribution in [3.63, 3.8) is 0 Å². The number of hydrogen-bond donors (Lipinski definition) is 0. The van der Waals surface area contributed by atoms with Crippen LogP contribution in [0.5, 0.6) is 0 Å². The summed E-state index contributed by atoms with van der Waals surface area (Å²) < 4.78 is 0. The van der Waals surface area contributed by atoms with Crippen LogP contribution in [0, 0.1) is 0 Å². The van der Waals surface area contributed by atoms with Crippen molar-refractivity contribution in [1.29, 1.82) is 0 Å². The summed E-state index contributed by atoms with van der Waals surface area (Å²) in [4.78, 5) is 0. The van der Waals surface area contributed by atoms with Crippen LogP contribution in [0.15, 0.2) is 0 Å². The molecule has 0 amide bonds. The van der Waals surface area contributed by atoms with Crippen LogP contribution in [0.4, 0.5) is 0 Å². The average molecular weight is 128 g/mol. The smallest absolute Gasteiger partial charge is 0.0309 e. The normalized spacial score (nSPS) is 29.3. The molecule has 2 heteroatoms. The molecule has 0 radical (unpaired) electrons. The van der Waals surface area contributed by atoms with Gasteiger partial charge in [0.2, 0.25) is 0 Å². The first-order chi connectivity index (χ1) is 4.04. The SMILES string of the molecule is CN1CCC(C)(C)N1C. The monoisotopic (exact) mass is 128 g/mol. The first-order valence-electron chi connectivity index (χ1n) is 3.49. The van der Waals surface area contributed by atoms with Crippen LogP contribution in [0.1, 0.15) is 20.3 Å². The molecule has 9 heavy (non-hydrogen) atoms. The van der Waals surface area contributed by atoms with Gasteiger partial charge in [-0.1, -0.05) is 0 Å². The summed E-state index contributed by atoms with van der Waals surface area (Å²) in [5.41, 5.74) is 0.384. The van der Waals surface area contributed by atoms with Crippen molar-refractivity contribution in [2.45, 2.75) is 25.8 Å². The second kappa shape index (κ2) is 1.96. The van der Waals surface area contributed by atoms with Gasteiger partial charge in [-0.25, -0.2) is 10.0 Å². The molecule has 1 heterocycles. The van der Waals surface area contributed by atoms with Crippen LogP contribution >= 0.6 is 0 Å². The maximum Gasteiger partial charge on any atom is 0.0309 e. The fourth-order valence-electron chi connectivity index (χ4n) is 1.21. The molecule has 0 N–H and O–H groups in total. The summed E-state index contributed by atoms with van der Waals surface area (Å²) >= 11 is 0. The lowest BCUT2D eigenvalue weighted by molar-refractivity contribution is 0.0150. The highest BCUT2D eigenvalue weighted by Crippen LogP contribution is 2.24. The van der Waals surface area contributed by atoms with Crippen LogP contribution in [-0.2, 0) is 0 Å². The Labute approximate surface area is 57.4 Å². The van der Waals surface area contributed by atoms with E-state index in [0.717, 1.165) is 0 Å². The molecule has 0 saturated carbocycles. The van der Waals surface area contributed by atoms with Crippen molar-refractivity contribution in [2.75, 3.05) is 20.6 Å². The minimum atomic E-state index is 0.384. The van der Waals surface area contributed by atoms with Crippen molar-refractivity contribution < 1.29 is 0 Å². The van der Waals surface area contributed by atoms with Gasteiger partial charge in [-0.2, -0.15) is 0 Å². The van der Waals surface area contributed by atoms with E-state index in [0.29, 0.717) is 5.54 Å². The quantitative estimate of drug-likeness (QED) is 0.479. The first kappa shape index (κ1) is 7.03. The Bertz CT molecular complexity index is 109. The zero-order valence-electron chi connectivity index (χ0n) is 6.81. The van der Waals surface area contributed by atoms with Gasteiger partial charge in [0.25, 0.3) is 0 Å². The zero-order valence-corrected chi connectivity index (χ0v) is 6.81. The van der Waals surface area contributed by atoms with Crippen molar-refractivity contribution in [1.82, 2.24) is 10.0 Å². The Hall–Kier alpha value is -0.0800. The van der Waals surface area contributed by atoms with E-state index in [1.54, 1.807) is 0 Å². The van der Waals surface area contributed by atoms with E-state index in [9.17, 15) is 0 Å². The molecule has 1 aliphatic heterocycles. The van der Waals surface area contributed by atoms with Gasteiger partial charge in [0, 0.05) is 26.2 Å². The van der Waals surface area contributed by atoms with Gasteiger partial charge in [-0.05, 0) is 20.3 Å². The predicted molar refractivity (Wildman–Crippen MR) is 39.1 cm³/mol. The molecule has 1 fully saturated rings. The molecule has 0 aromatic carbocycles. The minimum Gasteiger partial charge on any atom is -0.245 e. The Morgan fingerprint density at radius 3 is 1.89 bits per heavy atom. The molecular formula is C7H16N2. The Morgan fingerprint density at radius 2 is 1.78 bits per heavy atom. The van der Waals surface area contributed by atoms with Crippen LogP contribution in [-0.4, -0.2) is 36.2 Å². The molecule has 0 bridgehead atoms. The van der Waals surface area contributed by atoms with Crippen LogP contribution in [0.2, 0.25) is 0 Å². The molecule has 0 spiro atoms.